The second-order valence-electron chi connectivity index (χ2n) is 7.72. The number of hydrogen-bond acceptors (Lipinski definition) is 7. The monoisotopic (exact) mass is 451 g/mol. The van der Waals surface area contributed by atoms with Crippen molar-refractivity contribution in [3.63, 3.8) is 0 Å². The molecule has 6 aromatic rings. The number of nitrogens with one attached hydrogen (secondary N) is 2. The van der Waals surface area contributed by atoms with Crippen molar-refractivity contribution in [3.8, 4) is 33.2 Å². The highest BCUT2D eigenvalue weighted by molar-refractivity contribution is 7.17. The molecule has 0 aliphatic heterocycles. The van der Waals surface area contributed by atoms with E-state index in [1.807, 2.05) is 36.4 Å². The lowest BCUT2D eigenvalue weighted by molar-refractivity contribution is 0.102. The summed E-state index contributed by atoms with van der Waals surface area (Å²) in [6, 6.07) is 11.6. The lowest BCUT2D eigenvalue weighted by Gasteiger charge is -2.02. The number of aromatic amines is 2. The van der Waals surface area contributed by atoms with E-state index in [1.54, 1.807) is 31.7 Å². The van der Waals surface area contributed by atoms with Crippen molar-refractivity contribution in [2.45, 2.75) is 6.92 Å². The highest BCUT2D eigenvalue weighted by Gasteiger charge is 2.16. The summed E-state index contributed by atoms with van der Waals surface area (Å²) in [6.07, 6.45) is 6.87. The first kappa shape index (κ1) is 19.3. The number of hydrogen-bond donors (Lipinski definition) is 3. The third kappa shape index (κ3) is 3.26. The second kappa shape index (κ2) is 7.35. The number of ketones is 1. The number of nitrogen functional groups attached to an aromatic ring is 1. The van der Waals surface area contributed by atoms with Gasteiger partial charge in [0.2, 0.25) is 0 Å². The van der Waals surface area contributed by atoms with E-state index in [2.05, 4.69) is 30.1 Å². The smallest absolute Gasteiger partial charge is 0.169 e. The molecule has 4 N–H and O–H groups in total. The van der Waals surface area contributed by atoms with Crippen LogP contribution in [0.2, 0.25) is 0 Å². The maximum absolute atomic E-state index is 11.7. The number of carbonyl (C=O) groups excluding carboxylic acids is 1. The molecule has 6 aromatic heterocycles. The lowest BCUT2D eigenvalue weighted by Crippen LogP contribution is -1.89. The summed E-state index contributed by atoms with van der Waals surface area (Å²) in [5.74, 6) is 0.0518. The van der Waals surface area contributed by atoms with Crippen LogP contribution in [-0.4, -0.2) is 35.9 Å². The Labute approximate surface area is 191 Å². The molecule has 6 heterocycles. The minimum Gasteiger partial charge on any atom is -0.397 e. The highest BCUT2D eigenvalue weighted by Crippen LogP contribution is 2.36. The number of nitrogens with zero attached hydrogens (tertiary/aromatic N) is 4. The van der Waals surface area contributed by atoms with Crippen molar-refractivity contribution < 1.29 is 4.79 Å². The Morgan fingerprint density at radius 2 is 1.85 bits per heavy atom. The van der Waals surface area contributed by atoms with Gasteiger partial charge >= 0.3 is 0 Å². The summed E-state index contributed by atoms with van der Waals surface area (Å²) in [5, 5.41) is 9.50. The van der Waals surface area contributed by atoms with Crippen molar-refractivity contribution in [1.82, 2.24) is 30.1 Å². The molecule has 0 bridgehead atoms. The van der Waals surface area contributed by atoms with Gasteiger partial charge in [-0.1, -0.05) is 0 Å². The summed E-state index contributed by atoms with van der Waals surface area (Å²) in [4.78, 5) is 30.2. The van der Waals surface area contributed by atoms with Gasteiger partial charge in [0, 0.05) is 40.4 Å². The number of Topliss-reactive ketones (excluding diaryl/α,β-unsaturated/α-hetero) is 1. The van der Waals surface area contributed by atoms with Crippen molar-refractivity contribution in [2.75, 3.05) is 5.73 Å². The fourth-order valence-corrected chi connectivity index (χ4v) is 4.82. The number of aromatic nitrogens is 6. The lowest BCUT2D eigenvalue weighted by atomic mass is 10.1. The van der Waals surface area contributed by atoms with E-state index in [0.717, 1.165) is 55.0 Å². The standard InChI is InChI=1S/C24H17N7OS/c1-12(32)21-2-3-22(33-21)24-15-8-19(29-17(15)4-5-27-24)23-16-7-18(28-11-20(16)30-31-23)13-6-14(25)10-26-9-13/h2-11,29H,25H2,1H3,(H,30,31). The van der Waals surface area contributed by atoms with Crippen LogP contribution in [0.3, 0.4) is 0 Å². The Hall–Kier alpha value is -4.37. The molecule has 0 saturated heterocycles. The van der Waals surface area contributed by atoms with Crippen molar-refractivity contribution in [3.05, 3.63) is 66.1 Å². The Morgan fingerprint density at radius 1 is 0.970 bits per heavy atom. The zero-order valence-electron chi connectivity index (χ0n) is 17.5. The molecule has 33 heavy (non-hydrogen) atoms. The summed E-state index contributed by atoms with van der Waals surface area (Å²) in [6.45, 7) is 1.57. The Balaban J connectivity index is 1.48. The first-order valence-corrected chi connectivity index (χ1v) is 11.0. The average molecular weight is 452 g/mol. The fourth-order valence-electron chi connectivity index (χ4n) is 3.91. The van der Waals surface area contributed by atoms with Crippen LogP contribution in [0.1, 0.15) is 16.6 Å². The first-order valence-electron chi connectivity index (χ1n) is 10.2. The number of pyridine rings is 3. The first-order chi connectivity index (χ1) is 16.1. The van der Waals surface area contributed by atoms with Crippen LogP contribution in [0.4, 0.5) is 5.69 Å². The molecular formula is C24H17N7OS. The van der Waals surface area contributed by atoms with Gasteiger partial charge < -0.3 is 10.7 Å². The van der Waals surface area contributed by atoms with Crippen LogP contribution in [0.5, 0.6) is 0 Å². The molecular weight excluding hydrogens is 434 g/mol. The highest BCUT2D eigenvalue weighted by atomic mass is 32.1. The number of rotatable bonds is 4. The minimum absolute atomic E-state index is 0.0518. The number of thiophene rings is 1. The molecule has 6 rings (SSSR count). The van der Waals surface area contributed by atoms with Crippen LogP contribution in [0.25, 0.3) is 55.0 Å². The molecule has 0 amide bonds. The molecule has 160 valence electrons. The molecule has 9 heteroatoms. The molecule has 0 saturated carbocycles. The van der Waals surface area contributed by atoms with E-state index in [1.165, 1.54) is 11.3 Å². The Kier molecular flexibility index (Phi) is 4.30. The van der Waals surface area contributed by atoms with Crippen molar-refractivity contribution in [2.24, 2.45) is 0 Å². The largest absolute Gasteiger partial charge is 0.397 e. The Morgan fingerprint density at radius 3 is 2.67 bits per heavy atom. The predicted octanol–water partition coefficient (Wildman–Crippen LogP) is 5.08. The van der Waals surface area contributed by atoms with Crippen LogP contribution < -0.4 is 5.73 Å². The molecule has 0 radical (unpaired) electrons. The van der Waals surface area contributed by atoms with E-state index in [0.29, 0.717) is 10.6 Å². The van der Waals surface area contributed by atoms with Gasteiger partial charge in [-0.05, 0) is 43.3 Å². The number of anilines is 1. The number of nitrogens with two attached hydrogens (primary N) is 1. The molecule has 0 fully saturated rings. The average Bonchev–Trinajstić information content (AvgIpc) is 3.55. The van der Waals surface area contributed by atoms with Crippen molar-refractivity contribution >= 4 is 44.6 Å². The van der Waals surface area contributed by atoms with E-state index in [4.69, 9.17) is 5.73 Å². The Bertz CT molecular complexity index is 1680. The third-order valence-corrected chi connectivity index (χ3v) is 6.68. The summed E-state index contributed by atoms with van der Waals surface area (Å²) in [5.41, 5.74) is 12.3. The van der Waals surface area contributed by atoms with Crippen LogP contribution in [-0.2, 0) is 0 Å². The maximum Gasteiger partial charge on any atom is 0.169 e. The van der Waals surface area contributed by atoms with Gasteiger partial charge in [-0.15, -0.1) is 11.3 Å². The van der Waals surface area contributed by atoms with Crippen LogP contribution >= 0.6 is 11.3 Å². The minimum atomic E-state index is 0.0518. The molecule has 0 aliphatic carbocycles. The molecule has 0 unspecified atom stereocenters. The van der Waals surface area contributed by atoms with E-state index in [-0.39, 0.29) is 5.78 Å². The van der Waals surface area contributed by atoms with E-state index < -0.39 is 0 Å². The quantitative estimate of drug-likeness (QED) is 0.321. The van der Waals surface area contributed by atoms with Gasteiger partial charge in [0.05, 0.1) is 44.2 Å². The van der Waals surface area contributed by atoms with Gasteiger partial charge in [-0.3, -0.25) is 24.8 Å². The zero-order valence-corrected chi connectivity index (χ0v) is 18.3. The molecule has 8 nitrogen and oxygen atoms in total. The second-order valence-corrected chi connectivity index (χ2v) is 8.80. The normalized spacial score (nSPS) is 11.4. The third-order valence-electron chi connectivity index (χ3n) is 5.49. The van der Waals surface area contributed by atoms with E-state index in [9.17, 15) is 4.79 Å². The molecule has 0 spiro atoms. The van der Waals surface area contributed by atoms with Gasteiger partial charge in [0.15, 0.2) is 5.78 Å². The van der Waals surface area contributed by atoms with Crippen LogP contribution in [0, 0.1) is 0 Å². The van der Waals surface area contributed by atoms with Gasteiger partial charge in [0.25, 0.3) is 0 Å². The predicted molar refractivity (Wildman–Crippen MR) is 130 cm³/mol. The van der Waals surface area contributed by atoms with Gasteiger partial charge in [0.1, 0.15) is 5.69 Å². The summed E-state index contributed by atoms with van der Waals surface area (Å²) < 4.78 is 0. The van der Waals surface area contributed by atoms with Gasteiger partial charge in [-0.2, -0.15) is 5.10 Å². The topological polar surface area (TPSA) is 126 Å². The zero-order chi connectivity index (χ0) is 22.5. The summed E-state index contributed by atoms with van der Waals surface area (Å²) in [7, 11) is 0. The molecule has 0 aliphatic rings. The number of H-pyrrole nitrogens is 2. The molecule has 0 atom stereocenters. The fraction of sp³-hybridized carbons (Fsp3) is 0.0417. The SMILES string of the molecule is CC(=O)c1ccc(-c2nccc3[nH]c(-c4n[nH]c5cnc(-c6cncc(N)c6)cc45)cc23)s1. The van der Waals surface area contributed by atoms with E-state index >= 15 is 0 Å². The number of carbonyl (C=O) groups is 1. The maximum atomic E-state index is 11.7. The summed E-state index contributed by atoms with van der Waals surface area (Å²) >= 11 is 1.45. The van der Waals surface area contributed by atoms with Gasteiger partial charge in [-0.25, -0.2) is 0 Å². The van der Waals surface area contributed by atoms with Crippen molar-refractivity contribution in [1.29, 1.82) is 0 Å². The van der Waals surface area contributed by atoms with Crippen LogP contribution in [0.15, 0.2) is 61.2 Å². The molecule has 0 aromatic carbocycles. The number of fused-ring (bicyclic) bond motifs is 2.